The third-order valence-electron chi connectivity index (χ3n) is 7.02. The van der Waals surface area contributed by atoms with E-state index in [1.807, 2.05) is 0 Å². The number of nitrogens with zero attached hydrogens (tertiary/aromatic N) is 3. The number of piperidine rings is 2. The number of amides is 2. The maximum absolute atomic E-state index is 15.2. The van der Waals surface area contributed by atoms with Crippen LogP contribution >= 0.6 is 0 Å². The van der Waals surface area contributed by atoms with E-state index < -0.39 is 11.9 Å². The summed E-state index contributed by atoms with van der Waals surface area (Å²) in [5.41, 5.74) is 3.40. The van der Waals surface area contributed by atoms with Gasteiger partial charge in [-0.3, -0.25) is 24.5 Å². The Morgan fingerprint density at radius 3 is 2.74 bits per heavy atom. The highest BCUT2D eigenvalue weighted by molar-refractivity contribution is 6.01. The summed E-state index contributed by atoms with van der Waals surface area (Å²) in [6, 6.07) is 4.75. The number of nitrogens with one attached hydrogen (secondary N) is 3. The van der Waals surface area contributed by atoms with Crippen LogP contribution in [0.1, 0.15) is 48.6 Å². The Labute approximate surface area is 198 Å². The molecule has 2 fully saturated rings. The molecule has 34 heavy (non-hydrogen) atoms. The molecule has 0 saturated carbocycles. The highest BCUT2D eigenvalue weighted by atomic mass is 19.1. The van der Waals surface area contributed by atoms with Crippen LogP contribution in [0, 0.1) is 5.82 Å². The van der Waals surface area contributed by atoms with Crippen LogP contribution in [0.2, 0.25) is 0 Å². The Morgan fingerprint density at radius 2 is 2.00 bits per heavy atom. The van der Waals surface area contributed by atoms with Crippen LogP contribution in [-0.2, 0) is 29.2 Å². The molecule has 4 heterocycles. The van der Waals surface area contributed by atoms with Crippen LogP contribution in [0.15, 0.2) is 18.2 Å². The number of imide groups is 1. The third-order valence-corrected chi connectivity index (χ3v) is 7.02. The van der Waals surface area contributed by atoms with Crippen LogP contribution in [0.3, 0.4) is 0 Å². The molecule has 2 amide bonds. The van der Waals surface area contributed by atoms with Gasteiger partial charge in [-0.2, -0.15) is 5.10 Å². The first-order valence-corrected chi connectivity index (χ1v) is 12.0. The predicted molar refractivity (Wildman–Crippen MR) is 124 cm³/mol. The number of carbonyl (C=O) groups excluding carboxylic acids is 2. The van der Waals surface area contributed by atoms with E-state index in [-0.39, 0.29) is 24.1 Å². The molecule has 3 aliphatic rings. The average molecular weight is 471 g/mol. The highest BCUT2D eigenvalue weighted by Crippen LogP contribution is 2.37. The molecule has 1 aromatic heterocycles. The minimum atomic E-state index is -0.593. The molecule has 182 valence electrons. The van der Waals surface area contributed by atoms with Crippen LogP contribution in [0.25, 0.3) is 0 Å². The van der Waals surface area contributed by atoms with Gasteiger partial charge in [-0.15, -0.1) is 0 Å². The number of methoxy groups -OCH3 is 1. The summed E-state index contributed by atoms with van der Waals surface area (Å²) in [4.78, 5) is 25.9. The molecule has 2 saturated heterocycles. The van der Waals surface area contributed by atoms with Crippen molar-refractivity contribution >= 4 is 17.5 Å². The minimum Gasteiger partial charge on any atom is -0.495 e. The number of benzene rings is 1. The van der Waals surface area contributed by atoms with Gasteiger partial charge >= 0.3 is 0 Å². The molecule has 3 N–H and O–H groups in total. The molecule has 10 heteroatoms. The third kappa shape index (κ3) is 4.78. The lowest BCUT2D eigenvalue weighted by Crippen LogP contribution is -2.47. The van der Waals surface area contributed by atoms with Crippen molar-refractivity contribution in [3.8, 4) is 5.75 Å². The summed E-state index contributed by atoms with van der Waals surface area (Å²) >= 11 is 0. The van der Waals surface area contributed by atoms with E-state index in [4.69, 9.17) is 9.84 Å². The van der Waals surface area contributed by atoms with E-state index >= 15 is 4.39 Å². The lowest BCUT2D eigenvalue weighted by molar-refractivity contribution is -0.133. The Morgan fingerprint density at radius 1 is 1.18 bits per heavy atom. The van der Waals surface area contributed by atoms with Gasteiger partial charge in [-0.05, 0) is 56.0 Å². The van der Waals surface area contributed by atoms with Crippen molar-refractivity contribution in [2.24, 2.45) is 0 Å². The van der Waals surface area contributed by atoms with E-state index in [0.717, 1.165) is 57.8 Å². The highest BCUT2D eigenvalue weighted by Gasteiger charge is 2.29. The number of fused-ring (bicyclic) bond motifs is 1. The smallest absolute Gasteiger partial charge is 0.249 e. The number of halogens is 1. The second-order valence-electron chi connectivity index (χ2n) is 9.30. The number of rotatable bonds is 6. The molecule has 0 aliphatic carbocycles. The van der Waals surface area contributed by atoms with Crippen molar-refractivity contribution in [1.29, 1.82) is 0 Å². The number of carbonyl (C=O) groups is 2. The Hall–Kier alpha value is -2.98. The molecular weight excluding hydrogens is 439 g/mol. The van der Waals surface area contributed by atoms with Crippen molar-refractivity contribution in [1.82, 2.24) is 25.3 Å². The molecule has 0 radical (unpaired) electrons. The fraction of sp³-hybridized carbons (Fsp3) is 0.542. The van der Waals surface area contributed by atoms with Gasteiger partial charge in [0.2, 0.25) is 11.8 Å². The SMILES string of the molecule is COc1cc(C2CCN(Cc3cc4n(n3)CCNC4)CC2)c(F)cc1NC1CCC(=O)NC1=O. The zero-order valence-electron chi connectivity index (χ0n) is 19.4. The Bertz CT molecular complexity index is 1060. The predicted octanol–water partition coefficient (Wildman–Crippen LogP) is 1.73. The molecule has 2 aromatic rings. The largest absolute Gasteiger partial charge is 0.495 e. The summed E-state index contributed by atoms with van der Waals surface area (Å²) in [5, 5.41) is 13.5. The average Bonchev–Trinajstić information content (AvgIpc) is 3.24. The van der Waals surface area contributed by atoms with Crippen LogP contribution in [0.5, 0.6) is 5.75 Å². The Balaban J connectivity index is 1.22. The van der Waals surface area contributed by atoms with E-state index in [2.05, 4.69) is 31.6 Å². The zero-order chi connectivity index (χ0) is 23.7. The van der Waals surface area contributed by atoms with Crippen molar-refractivity contribution < 1.29 is 18.7 Å². The summed E-state index contributed by atoms with van der Waals surface area (Å²) in [7, 11) is 1.54. The summed E-state index contributed by atoms with van der Waals surface area (Å²) in [5.74, 6) is -0.379. The van der Waals surface area contributed by atoms with E-state index in [0.29, 0.717) is 23.4 Å². The molecule has 9 nitrogen and oxygen atoms in total. The molecule has 1 unspecified atom stereocenters. The quantitative estimate of drug-likeness (QED) is 0.553. The van der Waals surface area contributed by atoms with Crippen LogP contribution in [0.4, 0.5) is 10.1 Å². The number of aromatic nitrogens is 2. The molecular formula is C24H31FN6O3. The van der Waals surface area contributed by atoms with Gasteiger partial charge in [0.1, 0.15) is 17.6 Å². The van der Waals surface area contributed by atoms with E-state index in [1.165, 1.54) is 18.9 Å². The normalized spacial score (nSPS) is 21.8. The van der Waals surface area contributed by atoms with Crippen molar-refractivity contribution in [2.75, 3.05) is 32.1 Å². The standard InChI is InChI=1S/C24H31FN6O3/c1-34-22-11-18(19(25)12-21(22)27-20-2-3-23(32)28-24(20)33)15-4-7-30(8-5-15)14-16-10-17-13-26-6-9-31(17)29-16/h10-12,15,20,26-27H,2-9,13-14H2,1H3,(H,28,32,33). The first-order chi connectivity index (χ1) is 16.5. The van der Waals surface area contributed by atoms with E-state index in [1.54, 1.807) is 6.07 Å². The fourth-order valence-corrected chi connectivity index (χ4v) is 5.14. The van der Waals surface area contributed by atoms with Gasteiger partial charge in [-0.1, -0.05) is 0 Å². The van der Waals surface area contributed by atoms with Crippen molar-refractivity contribution in [3.63, 3.8) is 0 Å². The topological polar surface area (TPSA) is 101 Å². The van der Waals surface area contributed by atoms with Crippen molar-refractivity contribution in [2.45, 2.75) is 57.3 Å². The second kappa shape index (κ2) is 9.71. The summed E-state index contributed by atoms with van der Waals surface area (Å²) in [6.07, 6.45) is 2.33. The second-order valence-corrected chi connectivity index (χ2v) is 9.30. The number of likely N-dealkylation sites (tertiary alicyclic amines) is 1. The number of ether oxygens (including phenoxy) is 1. The molecule has 0 bridgehead atoms. The molecule has 5 rings (SSSR count). The van der Waals surface area contributed by atoms with Gasteiger partial charge in [0.25, 0.3) is 0 Å². The number of anilines is 1. The number of hydrogen-bond acceptors (Lipinski definition) is 7. The molecule has 3 aliphatic heterocycles. The van der Waals surface area contributed by atoms with Gasteiger partial charge in [-0.25, -0.2) is 4.39 Å². The minimum absolute atomic E-state index is 0.106. The van der Waals surface area contributed by atoms with Crippen molar-refractivity contribution in [3.05, 3.63) is 41.0 Å². The first-order valence-electron chi connectivity index (χ1n) is 12.0. The monoisotopic (exact) mass is 470 g/mol. The lowest BCUT2D eigenvalue weighted by atomic mass is 9.88. The van der Waals surface area contributed by atoms with Gasteiger partial charge in [0.05, 0.1) is 30.7 Å². The van der Waals surface area contributed by atoms with Crippen LogP contribution in [-0.4, -0.2) is 59.3 Å². The Kier molecular flexibility index (Phi) is 6.51. The zero-order valence-corrected chi connectivity index (χ0v) is 19.4. The fourth-order valence-electron chi connectivity index (χ4n) is 5.14. The van der Waals surface area contributed by atoms with Crippen LogP contribution < -0.4 is 20.7 Å². The summed E-state index contributed by atoms with van der Waals surface area (Å²) < 4.78 is 22.8. The lowest BCUT2D eigenvalue weighted by Gasteiger charge is -2.32. The van der Waals surface area contributed by atoms with E-state index in [9.17, 15) is 9.59 Å². The maximum Gasteiger partial charge on any atom is 0.249 e. The summed E-state index contributed by atoms with van der Waals surface area (Å²) in [6.45, 7) is 5.30. The van der Waals surface area contributed by atoms with Gasteiger partial charge in [0.15, 0.2) is 0 Å². The first kappa shape index (κ1) is 22.8. The van der Waals surface area contributed by atoms with Gasteiger partial charge in [0, 0.05) is 32.1 Å². The maximum atomic E-state index is 15.2. The molecule has 1 atom stereocenters. The molecule has 1 aromatic carbocycles. The van der Waals surface area contributed by atoms with Gasteiger partial charge < -0.3 is 15.4 Å². The molecule has 0 spiro atoms. The number of hydrogen-bond donors (Lipinski definition) is 3.